The molecule has 2 aromatic rings. The predicted octanol–water partition coefficient (Wildman–Crippen LogP) is 4.55. The molecule has 0 aromatic heterocycles. The number of amides is 1. The normalized spacial score (nSPS) is 15.9. The van der Waals surface area contributed by atoms with Gasteiger partial charge in [-0.1, -0.05) is 48.5 Å². The fourth-order valence-electron chi connectivity index (χ4n) is 3.25. The second-order valence-corrected chi connectivity index (χ2v) is 6.92. The summed E-state index contributed by atoms with van der Waals surface area (Å²) in [4.78, 5) is 21.8. The van der Waals surface area contributed by atoms with E-state index in [-0.39, 0.29) is 18.0 Å². The molecule has 1 amide bonds. The van der Waals surface area contributed by atoms with E-state index in [1.165, 1.54) is 0 Å². The van der Waals surface area contributed by atoms with Crippen LogP contribution in [0.15, 0.2) is 71.4 Å². The van der Waals surface area contributed by atoms with Crippen molar-refractivity contribution in [3.8, 4) is 0 Å². The maximum atomic E-state index is 13.2. The lowest BCUT2D eigenvalue weighted by molar-refractivity contribution is -0.113. The SMILES string of the molecule is CC(C)N(C1=NC(=Cc2ccccc2)C(=O)N1c1ccccc1)C(C)C. The molecule has 0 N–H and O–H groups in total. The van der Waals surface area contributed by atoms with Crippen LogP contribution in [-0.4, -0.2) is 28.9 Å². The first-order chi connectivity index (χ1) is 12.5. The van der Waals surface area contributed by atoms with Crippen molar-refractivity contribution in [2.45, 2.75) is 39.8 Å². The summed E-state index contributed by atoms with van der Waals surface area (Å²) in [6.45, 7) is 8.48. The molecule has 0 saturated carbocycles. The lowest BCUT2D eigenvalue weighted by Gasteiger charge is -2.35. The molecule has 0 atom stereocenters. The van der Waals surface area contributed by atoms with Crippen molar-refractivity contribution >= 4 is 23.6 Å². The van der Waals surface area contributed by atoms with Gasteiger partial charge in [0.2, 0.25) is 5.96 Å². The van der Waals surface area contributed by atoms with E-state index in [2.05, 4.69) is 32.6 Å². The molecule has 26 heavy (non-hydrogen) atoms. The number of nitrogens with zero attached hydrogens (tertiary/aromatic N) is 3. The van der Waals surface area contributed by atoms with Crippen molar-refractivity contribution in [1.82, 2.24) is 4.90 Å². The van der Waals surface area contributed by atoms with Crippen molar-refractivity contribution in [3.63, 3.8) is 0 Å². The van der Waals surface area contributed by atoms with Gasteiger partial charge in [0.1, 0.15) is 5.70 Å². The molecule has 0 spiro atoms. The Morgan fingerprint density at radius 3 is 1.96 bits per heavy atom. The molecule has 3 rings (SSSR count). The number of carbonyl (C=O) groups is 1. The van der Waals surface area contributed by atoms with Gasteiger partial charge in [-0.15, -0.1) is 0 Å². The maximum Gasteiger partial charge on any atom is 0.283 e. The van der Waals surface area contributed by atoms with Crippen LogP contribution < -0.4 is 4.90 Å². The van der Waals surface area contributed by atoms with Crippen LogP contribution in [0.5, 0.6) is 0 Å². The highest BCUT2D eigenvalue weighted by molar-refractivity contribution is 6.28. The summed E-state index contributed by atoms with van der Waals surface area (Å²) in [5, 5.41) is 0. The Balaban J connectivity index is 2.10. The zero-order valence-corrected chi connectivity index (χ0v) is 15.8. The number of rotatable bonds is 4. The Morgan fingerprint density at radius 2 is 1.42 bits per heavy atom. The van der Waals surface area contributed by atoms with Gasteiger partial charge in [0.25, 0.3) is 5.91 Å². The number of hydrogen-bond acceptors (Lipinski definition) is 3. The third-order valence-electron chi connectivity index (χ3n) is 4.30. The second-order valence-electron chi connectivity index (χ2n) is 6.92. The summed E-state index contributed by atoms with van der Waals surface area (Å²) >= 11 is 0. The Hall–Kier alpha value is -2.88. The highest BCUT2D eigenvalue weighted by Gasteiger charge is 2.36. The van der Waals surface area contributed by atoms with Crippen molar-refractivity contribution < 1.29 is 4.79 Å². The van der Waals surface area contributed by atoms with E-state index in [9.17, 15) is 4.79 Å². The Morgan fingerprint density at radius 1 is 0.885 bits per heavy atom. The van der Waals surface area contributed by atoms with E-state index in [4.69, 9.17) is 4.99 Å². The molecule has 1 aliphatic rings. The molecule has 0 radical (unpaired) electrons. The molecule has 1 aliphatic heterocycles. The number of anilines is 1. The van der Waals surface area contributed by atoms with Crippen LogP contribution in [0.4, 0.5) is 5.69 Å². The minimum absolute atomic E-state index is 0.0960. The van der Waals surface area contributed by atoms with Gasteiger partial charge in [-0.05, 0) is 51.5 Å². The van der Waals surface area contributed by atoms with E-state index in [1.807, 2.05) is 66.7 Å². The number of hydrogen-bond donors (Lipinski definition) is 0. The highest BCUT2D eigenvalue weighted by atomic mass is 16.2. The van der Waals surface area contributed by atoms with Crippen LogP contribution in [0.3, 0.4) is 0 Å². The van der Waals surface area contributed by atoms with Crippen molar-refractivity contribution in [2.24, 2.45) is 4.99 Å². The molecular formula is C22H25N3O. The molecule has 2 aromatic carbocycles. The molecule has 134 valence electrons. The lowest BCUT2D eigenvalue weighted by Crippen LogP contribution is -2.50. The number of para-hydroxylation sites is 1. The fourth-order valence-corrected chi connectivity index (χ4v) is 3.25. The summed E-state index contributed by atoms with van der Waals surface area (Å²) in [7, 11) is 0. The Labute approximate surface area is 155 Å². The number of benzene rings is 2. The van der Waals surface area contributed by atoms with E-state index >= 15 is 0 Å². The van der Waals surface area contributed by atoms with Crippen molar-refractivity contribution in [3.05, 3.63) is 71.9 Å². The van der Waals surface area contributed by atoms with Crippen LogP contribution in [0.1, 0.15) is 33.3 Å². The molecule has 0 fully saturated rings. The second kappa shape index (κ2) is 7.56. The first-order valence-electron chi connectivity index (χ1n) is 9.02. The predicted molar refractivity (Wildman–Crippen MR) is 108 cm³/mol. The highest BCUT2D eigenvalue weighted by Crippen LogP contribution is 2.28. The van der Waals surface area contributed by atoms with E-state index in [1.54, 1.807) is 4.90 Å². The smallest absolute Gasteiger partial charge is 0.283 e. The average molecular weight is 347 g/mol. The van der Waals surface area contributed by atoms with Crippen LogP contribution in [0, 0.1) is 0 Å². The van der Waals surface area contributed by atoms with Crippen LogP contribution in [-0.2, 0) is 4.79 Å². The van der Waals surface area contributed by atoms with Gasteiger partial charge in [-0.3, -0.25) is 4.79 Å². The first kappa shape index (κ1) is 17.9. The summed E-state index contributed by atoms with van der Waals surface area (Å²) in [5.41, 5.74) is 2.26. The third-order valence-corrected chi connectivity index (χ3v) is 4.30. The van der Waals surface area contributed by atoms with Crippen molar-refractivity contribution in [2.75, 3.05) is 4.90 Å². The van der Waals surface area contributed by atoms with Gasteiger partial charge in [0.15, 0.2) is 0 Å². The quantitative estimate of drug-likeness (QED) is 0.761. The topological polar surface area (TPSA) is 35.9 Å². The van der Waals surface area contributed by atoms with Crippen molar-refractivity contribution in [1.29, 1.82) is 0 Å². The zero-order valence-electron chi connectivity index (χ0n) is 15.8. The molecule has 4 nitrogen and oxygen atoms in total. The monoisotopic (exact) mass is 347 g/mol. The van der Waals surface area contributed by atoms with Gasteiger partial charge in [-0.25, -0.2) is 9.89 Å². The van der Waals surface area contributed by atoms with Crippen LogP contribution >= 0.6 is 0 Å². The van der Waals surface area contributed by atoms with E-state index in [0.717, 1.165) is 11.3 Å². The number of guanidine groups is 1. The summed E-state index contributed by atoms with van der Waals surface area (Å²) in [6.07, 6.45) is 1.85. The molecule has 0 bridgehead atoms. The van der Waals surface area contributed by atoms with Gasteiger partial charge >= 0.3 is 0 Å². The lowest BCUT2D eigenvalue weighted by atomic mass is 10.2. The Kier molecular flexibility index (Phi) is 5.21. The summed E-state index contributed by atoms with van der Waals surface area (Å²) < 4.78 is 0. The molecule has 1 heterocycles. The molecule has 0 saturated heterocycles. The fraction of sp³-hybridized carbons (Fsp3) is 0.273. The maximum absolute atomic E-state index is 13.2. The number of carbonyl (C=O) groups excluding carboxylic acids is 1. The third kappa shape index (κ3) is 3.54. The first-order valence-corrected chi connectivity index (χ1v) is 9.02. The van der Waals surface area contributed by atoms with Gasteiger partial charge < -0.3 is 4.90 Å². The zero-order chi connectivity index (χ0) is 18.7. The van der Waals surface area contributed by atoms with Gasteiger partial charge in [-0.2, -0.15) is 0 Å². The summed E-state index contributed by atoms with van der Waals surface area (Å²) in [6, 6.07) is 20.0. The average Bonchev–Trinajstić information content (AvgIpc) is 2.92. The largest absolute Gasteiger partial charge is 0.337 e. The van der Waals surface area contributed by atoms with Gasteiger partial charge in [0, 0.05) is 12.1 Å². The minimum atomic E-state index is -0.0960. The molecule has 0 aliphatic carbocycles. The molecular weight excluding hydrogens is 322 g/mol. The molecule has 4 heteroatoms. The minimum Gasteiger partial charge on any atom is -0.337 e. The number of aliphatic imine (C=N–C) groups is 1. The Bertz CT molecular complexity index is 815. The standard InChI is InChI=1S/C22H25N3O/c1-16(2)24(17(3)4)22-23-20(15-18-11-7-5-8-12-18)21(26)25(22)19-13-9-6-10-14-19/h5-17H,1-4H3. The van der Waals surface area contributed by atoms with E-state index in [0.29, 0.717) is 11.7 Å². The molecule has 0 unspecified atom stereocenters. The summed E-state index contributed by atoms with van der Waals surface area (Å²) in [5.74, 6) is 0.592. The van der Waals surface area contributed by atoms with Gasteiger partial charge in [0.05, 0.1) is 5.69 Å². The van der Waals surface area contributed by atoms with E-state index < -0.39 is 0 Å². The van der Waals surface area contributed by atoms with Crippen LogP contribution in [0.2, 0.25) is 0 Å². The van der Waals surface area contributed by atoms with Crippen LogP contribution in [0.25, 0.3) is 6.08 Å².